The Morgan fingerprint density at radius 3 is 2.53 bits per heavy atom. The number of carbonyl (C=O) groups excluding carboxylic acids is 1. The van der Waals surface area contributed by atoms with Crippen LogP contribution in [0.3, 0.4) is 0 Å². The van der Waals surface area contributed by atoms with Crippen LogP contribution in [0.25, 0.3) is 6.08 Å². The third-order valence-electron chi connectivity index (χ3n) is 2.34. The molecule has 0 aliphatic heterocycles. The second kappa shape index (κ2) is 6.58. The molecule has 1 aromatic carbocycles. The first-order chi connectivity index (χ1) is 8.88. The highest BCUT2D eigenvalue weighted by atomic mass is 16.4. The third kappa shape index (κ3) is 5.25. The van der Waals surface area contributed by atoms with Crippen molar-refractivity contribution in [2.45, 2.75) is 26.8 Å². The summed E-state index contributed by atoms with van der Waals surface area (Å²) in [4.78, 5) is 22.0. The molecular formula is C14H18N2O3. The van der Waals surface area contributed by atoms with Crippen molar-refractivity contribution in [3.8, 4) is 0 Å². The summed E-state index contributed by atoms with van der Waals surface area (Å²) < 4.78 is 0. The highest BCUT2D eigenvalue weighted by Crippen LogP contribution is 2.17. The number of carboxylic acid groups (broad SMARTS) is 1. The summed E-state index contributed by atoms with van der Waals surface area (Å²) in [7, 11) is 0. The van der Waals surface area contributed by atoms with Gasteiger partial charge in [-0.05, 0) is 50.1 Å². The second-order valence-electron chi connectivity index (χ2n) is 4.50. The van der Waals surface area contributed by atoms with Crippen molar-refractivity contribution in [3.05, 3.63) is 35.4 Å². The van der Waals surface area contributed by atoms with Crippen LogP contribution in [0.4, 0.5) is 10.5 Å². The lowest BCUT2D eigenvalue weighted by Crippen LogP contribution is -2.34. The van der Waals surface area contributed by atoms with Crippen LogP contribution in [0.5, 0.6) is 0 Å². The Morgan fingerprint density at radius 2 is 2.00 bits per heavy atom. The second-order valence-corrected chi connectivity index (χ2v) is 4.50. The molecule has 0 aliphatic carbocycles. The van der Waals surface area contributed by atoms with Crippen molar-refractivity contribution in [1.29, 1.82) is 0 Å². The van der Waals surface area contributed by atoms with Gasteiger partial charge in [0.25, 0.3) is 0 Å². The number of nitrogens with one attached hydrogen (secondary N) is 2. The number of aryl methyl sites for hydroxylation is 1. The fourth-order valence-corrected chi connectivity index (χ4v) is 1.52. The molecule has 2 amide bonds. The zero-order valence-corrected chi connectivity index (χ0v) is 11.2. The number of benzene rings is 1. The number of amides is 2. The first-order valence-electron chi connectivity index (χ1n) is 5.97. The molecule has 0 aliphatic rings. The molecule has 1 aromatic rings. The van der Waals surface area contributed by atoms with Crippen LogP contribution >= 0.6 is 0 Å². The number of rotatable bonds is 4. The minimum Gasteiger partial charge on any atom is -0.478 e. The molecule has 0 heterocycles. The Kier molecular flexibility index (Phi) is 5.11. The van der Waals surface area contributed by atoms with Gasteiger partial charge in [0.2, 0.25) is 0 Å². The van der Waals surface area contributed by atoms with Gasteiger partial charge >= 0.3 is 12.0 Å². The van der Waals surface area contributed by atoms with E-state index < -0.39 is 5.97 Å². The quantitative estimate of drug-likeness (QED) is 0.730. The number of hydrogen-bond acceptors (Lipinski definition) is 2. The van der Waals surface area contributed by atoms with Crippen molar-refractivity contribution in [2.24, 2.45) is 0 Å². The lowest BCUT2D eigenvalue weighted by atomic mass is 10.1. The standard InChI is InChI=1S/C14H18N2O3/c1-9(2)15-14(19)16-12-6-4-11(8-10(12)3)5-7-13(17)18/h4-9H,1-3H3,(H,17,18)(H2,15,16,19)/b7-5+. The number of carbonyl (C=O) groups is 2. The van der Waals surface area contributed by atoms with Gasteiger partial charge in [-0.25, -0.2) is 9.59 Å². The van der Waals surface area contributed by atoms with Gasteiger partial charge in [0.1, 0.15) is 0 Å². The topological polar surface area (TPSA) is 78.4 Å². The van der Waals surface area contributed by atoms with Gasteiger partial charge in [-0.15, -0.1) is 0 Å². The molecule has 0 saturated heterocycles. The smallest absolute Gasteiger partial charge is 0.328 e. The van der Waals surface area contributed by atoms with Gasteiger partial charge in [-0.3, -0.25) is 0 Å². The summed E-state index contributed by atoms with van der Waals surface area (Å²) in [5.41, 5.74) is 2.34. The van der Waals surface area contributed by atoms with Crippen molar-refractivity contribution >= 4 is 23.8 Å². The first-order valence-corrected chi connectivity index (χ1v) is 5.97. The lowest BCUT2D eigenvalue weighted by molar-refractivity contribution is -0.131. The van der Waals surface area contributed by atoms with Gasteiger partial charge < -0.3 is 15.7 Å². The van der Waals surface area contributed by atoms with Gasteiger partial charge in [0, 0.05) is 17.8 Å². The van der Waals surface area contributed by atoms with E-state index in [-0.39, 0.29) is 12.1 Å². The Hall–Kier alpha value is -2.30. The molecule has 5 heteroatoms. The number of carboxylic acids is 1. The van der Waals surface area contributed by atoms with Crippen molar-refractivity contribution < 1.29 is 14.7 Å². The molecule has 102 valence electrons. The summed E-state index contributed by atoms with van der Waals surface area (Å²) in [6.07, 6.45) is 2.58. The zero-order chi connectivity index (χ0) is 14.4. The minimum atomic E-state index is -0.990. The van der Waals surface area contributed by atoms with E-state index in [1.807, 2.05) is 26.8 Å². The maximum atomic E-state index is 11.6. The summed E-state index contributed by atoms with van der Waals surface area (Å²) in [6, 6.07) is 5.11. The molecule has 5 nitrogen and oxygen atoms in total. The van der Waals surface area contributed by atoms with E-state index in [1.54, 1.807) is 12.1 Å². The SMILES string of the molecule is Cc1cc(/C=C/C(=O)O)ccc1NC(=O)NC(C)C. The highest BCUT2D eigenvalue weighted by molar-refractivity contribution is 5.90. The molecular weight excluding hydrogens is 244 g/mol. The Bertz CT molecular complexity index is 507. The molecule has 0 atom stereocenters. The van der Waals surface area contributed by atoms with E-state index in [4.69, 9.17) is 5.11 Å². The van der Waals surface area contributed by atoms with E-state index in [2.05, 4.69) is 10.6 Å². The predicted octanol–water partition coefficient (Wildman–Crippen LogP) is 2.62. The first kappa shape index (κ1) is 14.8. The van der Waals surface area contributed by atoms with Crippen LogP contribution < -0.4 is 10.6 Å². The molecule has 0 fully saturated rings. The number of urea groups is 1. The fraction of sp³-hybridized carbons (Fsp3) is 0.286. The lowest BCUT2D eigenvalue weighted by Gasteiger charge is -2.12. The summed E-state index contributed by atoms with van der Waals surface area (Å²) >= 11 is 0. The molecule has 0 saturated carbocycles. The number of anilines is 1. The van der Waals surface area contributed by atoms with Crippen molar-refractivity contribution in [2.75, 3.05) is 5.32 Å². The molecule has 0 bridgehead atoms. The normalized spacial score (nSPS) is 10.7. The molecule has 3 N–H and O–H groups in total. The molecule has 0 spiro atoms. The average molecular weight is 262 g/mol. The molecule has 0 radical (unpaired) electrons. The summed E-state index contributed by atoms with van der Waals surface area (Å²) in [5.74, 6) is -0.990. The van der Waals surface area contributed by atoms with E-state index >= 15 is 0 Å². The maximum absolute atomic E-state index is 11.6. The van der Waals surface area contributed by atoms with Crippen LogP contribution in [-0.2, 0) is 4.79 Å². The Morgan fingerprint density at radius 1 is 1.32 bits per heavy atom. The minimum absolute atomic E-state index is 0.0677. The van der Waals surface area contributed by atoms with E-state index in [9.17, 15) is 9.59 Å². The molecule has 0 unspecified atom stereocenters. The van der Waals surface area contributed by atoms with Gasteiger partial charge in [0.05, 0.1) is 0 Å². The average Bonchev–Trinajstić information content (AvgIpc) is 2.28. The fourth-order valence-electron chi connectivity index (χ4n) is 1.52. The van der Waals surface area contributed by atoms with Gasteiger partial charge in [-0.1, -0.05) is 6.07 Å². The van der Waals surface area contributed by atoms with E-state index in [1.165, 1.54) is 6.08 Å². The molecule has 0 aromatic heterocycles. The maximum Gasteiger partial charge on any atom is 0.328 e. The zero-order valence-electron chi connectivity index (χ0n) is 11.2. The third-order valence-corrected chi connectivity index (χ3v) is 2.34. The molecule has 19 heavy (non-hydrogen) atoms. The number of aliphatic carboxylic acids is 1. The van der Waals surface area contributed by atoms with E-state index in [0.29, 0.717) is 5.69 Å². The van der Waals surface area contributed by atoms with Crippen LogP contribution in [-0.4, -0.2) is 23.1 Å². The molecule has 1 rings (SSSR count). The number of hydrogen-bond donors (Lipinski definition) is 3. The van der Waals surface area contributed by atoms with Gasteiger partial charge in [0.15, 0.2) is 0 Å². The van der Waals surface area contributed by atoms with Gasteiger partial charge in [-0.2, -0.15) is 0 Å². The van der Waals surface area contributed by atoms with Crippen LogP contribution in [0.2, 0.25) is 0 Å². The Labute approximate surface area is 112 Å². The predicted molar refractivity (Wildman–Crippen MR) is 75.1 cm³/mol. The van der Waals surface area contributed by atoms with Crippen LogP contribution in [0.1, 0.15) is 25.0 Å². The largest absolute Gasteiger partial charge is 0.478 e. The van der Waals surface area contributed by atoms with Crippen LogP contribution in [0, 0.1) is 6.92 Å². The summed E-state index contributed by atoms with van der Waals surface area (Å²) in [5, 5.41) is 14.0. The summed E-state index contributed by atoms with van der Waals surface area (Å²) in [6.45, 7) is 5.61. The monoisotopic (exact) mass is 262 g/mol. The van der Waals surface area contributed by atoms with Crippen LogP contribution in [0.15, 0.2) is 24.3 Å². The van der Waals surface area contributed by atoms with E-state index in [0.717, 1.165) is 17.2 Å². The highest BCUT2D eigenvalue weighted by Gasteiger charge is 2.05. The Balaban J connectivity index is 2.77. The van der Waals surface area contributed by atoms with Crippen molar-refractivity contribution in [1.82, 2.24) is 5.32 Å². The van der Waals surface area contributed by atoms with Crippen molar-refractivity contribution in [3.63, 3.8) is 0 Å².